The second kappa shape index (κ2) is 2.77. The predicted molar refractivity (Wildman–Crippen MR) is 55.9 cm³/mol. The summed E-state index contributed by atoms with van der Waals surface area (Å²) in [5.41, 5.74) is 0.985. The minimum absolute atomic E-state index is 0.985. The highest BCUT2D eigenvalue weighted by atomic mass is 14.8. The number of fused-ring (bicyclic) bond motifs is 2. The van der Waals surface area contributed by atoms with Gasteiger partial charge in [-0.15, -0.1) is 0 Å². The smallest absolute Gasteiger partial charge is 0.116 e. The third kappa shape index (κ3) is 1.04. The first kappa shape index (κ1) is 7.44. The Morgan fingerprint density at radius 2 is 2.07 bits per heavy atom. The molecule has 0 amide bonds. The SMILES string of the molecule is [c]1ccc2cc3ncncc3cc2c1. The maximum absolute atomic E-state index is 4.21. The van der Waals surface area contributed by atoms with E-state index in [4.69, 9.17) is 0 Å². The van der Waals surface area contributed by atoms with Gasteiger partial charge in [0.1, 0.15) is 6.33 Å². The van der Waals surface area contributed by atoms with Crippen LogP contribution in [0.5, 0.6) is 0 Å². The lowest BCUT2D eigenvalue weighted by molar-refractivity contribution is 1.22. The summed E-state index contributed by atoms with van der Waals surface area (Å²) in [6, 6.07) is 13.1. The molecule has 0 bridgehead atoms. The minimum atomic E-state index is 0.985. The molecule has 65 valence electrons. The topological polar surface area (TPSA) is 25.8 Å². The second-order valence-electron chi connectivity index (χ2n) is 3.21. The molecule has 1 aromatic heterocycles. The van der Waals surface area contributed by atoms with E-state index in [1.807, 2.05) is 24.4 Å². The van der Waals surface area contributed by atoms with Gasteiger partial charge in [0, 0.05) is 11.6 Å². The molecule has 0 aliphatic carbocycles. The van der Waals surface area contributed by atoms with Gasteiger partial charge in [-0.2, -0.15) is 0 Å². The Balaban J connectivity index is 2.52. The number of benzene rings is 2. The molecule has 0 aliphatic heterocycles. The summed E-state index contributed by atoms with van der Waals surface area (Å²) in [5.74, 6) is 0. The quantitative estimate of drug-likeness (QED) is 0.496. The largest absolute Gasteiger partial charge is 0.244 e. The van der Waals surface area contributed by atoms with Gasteiger partial charge in [-0.3, -0.25) is 0 Å². The average molecular weight is 179 g/mol. The fourth-order valence-electron chi connectivity index (χ4n) is 1.61. The first-order valence-electron chi connectivity index (χ1n) is 4.43. The second-order valence-corrected chi connectivity index (χ2v) is 3.21. The van der Waals surface area contributed by atoms with Crippen molar-refractivity contribution in [1.82, 2.24) is 9.97 Å². The zero-order valence-electron chi connectivity index (χ0n) is 7.44. The average Bonchev–Trinajstić information content (AvgIpc) is 2.26. The van der Waals surface area contributed by atoms with Crippen molar-refractivity contribution < 1.29 is 0 Å². The predicted octanol–water partition coefficient (Wildman–Crippen LogP) is 2.58. The minimum Gasteiger partial charge on any atom is -0.244 e. The van der Waals surface area contributed by atoms with E-state index in [0.717, 1.165) is 10.9 Å². The van der Waals surface area contributed by atoms with Crippen LogP contribution >= 0.6 is 0 Å². The molecule has 1 heterocycles. The van der Waals surface area contributed by atoms with Crippen molar-refractivity contribution in [3.63, 3.8) is 0 Å². The molecule has 0 saturated heterocycles. The van der Waals surface area contributed by atoms with Gasteiger partial charge >= 0.3 is 0 Å². The lowest BCUT2D eigenvalue weighted by Gasteiger charge is -1.99. The van der Waals surface area contributed by atoms with Crippen LogP contribution in [-0.4, -0.2) is 9.97 Å². The molecule has 2 nitrogen and oxygen atoms in total. The van der Waals surface area contributed by atoms with Gasteiger partial charge in [0.05, 0.1) is 5.52 Å². The van der Waals surface area contributed by atoms with Gasteiger partial charge in [-0.1, -0.05) is 12.1 Å². The van der Waals surface area contributed by atoms with Gasteiger partial charge in [0.2, 0.25) is 0 Å². The summed E-state index contributed by atoms with van der Waals surface area (Å²) in [6.07, 6.45) is 3.40. The Morgan fingerprint density at radius 3 is 3.07 bits per heavy atom. The van der Waals surface area contributed by atoms with E-state index in [2.05, 4.69) is 28.2 Å². The molecular weight excluding hydrogens is 172 g/mol. The third-order valence-electron chi connectivity index (χ3n) is 2.31. The standard InChI is InChI=1S/C12H7N2/c1-2-4-10-6-12-11(5-9(10)3-1)7-13-8-14-12/h2-8H. The molecule has 0 saturated carbocycles. The summed E-state index contributed by atoms with van der Waals surface area (Å²) >= 11 is 0. The van der Waals surface area contributed by atoms with E-state index in [-0.39, 0.29) is 0 Å². The molecule has 0 unspecified atom stereocenters. The van der Waals surface area contributed by atoms with Crippen LogP contribution in [0, 0.1) is 6.07 Å². The molecule has 2 aromatic carbocycles. The van der Waals surface area contributed by atoms with Crippen molar-refractivity contribution in [2.24, 2.45) is 0 Å². The Kier molecular flexibility index (Phi) is 1.47. The number of hydrogen-bond donors (Lipinski definition) is 0. The van der Waals surface area contributed by atoms with E-state index in [1.165, 1.54) is 10.8 Å². The summed E-state index contributed by atoms with van der Waals surface area (Å²) < 4.78 is 0. The number of nitrogens with zero attached hydrogens (tertiary/aromatic N) is 2. The fourth-order valence-corrected chi connectivity index (χ4v) is 1.61. The van der Waals surface area contributed by atoms with Gasteiger partial charge in [-0.05, 0) is 35.0 Å². The van der Waals surface area contributed by atoms with Gasteiger partial charge in [0.25, 0.3) is 0 Å². The highest BCUT2D eigenvalue weighted by molar-refractivity contribution is 5.95. The number of aromatic nitrogens is 2. The summed E-state index contributed by atoms with van der Waals surface area (Å²) in [6.45, 7) is 0. The molecule has 3 rings (SSSR count). The number of hydrogen-bond acceptors (Lipinski definition) is 2. The van der Waals surface area contributed by atoms with E-state index in [0.29, 0.717) is 0 Å². The lowest BCUT2D eigenvalue weighted by atomic mass is 10.1. The molecule has 3 aromatic rings. The van der Waals surface area contributed by atoms with Crippen LogP contribution in [0.2, 0.25) is 0 Å². The van der Waals surface area contributed by atoms with Crippen LogP contribution in [-0.2, 0) is 0 Å². The molecule has 2 heteroatoms. The fraction of sp³-hybridized carbons (Fsp3) is 0. The molecule has 0 spiro atoms. The molecule has 0 aliphatic rings. The van der Waals surface area contributed by atoms with Crippen molar-refractivity contribution in [1.29, 1.82) is 0 Å². The Morgan fingerprint density at radius 1 is 1.07 bits per heavy atom. The molecule has 0 fully saturated rings. The highest BCUT2D eigenvalue weighted by Crippen LogP contribution is 2.19. The lowest BCUT2D eigenvalue weighted by Crippen LogP contribution is -1.81. The van der Waals surface area contributed by atoms with E-state index in [1.54, 1.807) is 6.33 Å². The first-order chi connectivity index (χ1) is 6.93. The van der Waals surface area contributed by atoms with Gasteiger partial charge < -0.3 is 0 Å². The Bertz CT molecular complexity index is 497. The van der Waals surface area contributed by atoms with Crippen LogP contribution in [0.25, 0.3) is 21.7 Å². The zero-order valence-corrected chi connectivity index (χ0v) is 7.44. The van der Waals surface area contributed by atoms with Crippen molar-refractivity contribution in [2.75, 3.05) is 0 Å². The molecule has 0 N–H and O–H groups in total. The molecular formula is C12H7N2. The van der Waals surface area contributed by atoms with E-state index in [9.17, 15) is 0 Å². The summed E-state index contributed by atoms with van der Waals surface area (Å²) in [7, 11) is 0. The van der Waals surface area contributed by atoms with Gasteiger partial charge in [0.15, 0.2) is 0 Å². The van der Waals surface area contributed by atoms with Crippen LogP contribution in [0.1, 0.15) is 0 Å². The van der Waals surface area contributed by atoms with Crippen molar-refractivity contribution >= 4 is 21.7 Å². The Labute approximate surface area is 81.2 Å². The van der Waals surface area contributed by atoms with Crippen molar-refractivity contribution in [2.45, 2.75) is 0 Å². The van der Waals surface area contributed by atoms with Gasteiger partial charge in [-0.25, -0.2) is 9.97 Å². The summed E-state index contributed by atoms with van der Waals surface area (Å²) in [5, 5.41) is 3.43. The Hall–Kier alpha value is -1.96. The first-order valence-corrected chi connectivity index (χ1v) is 4.43. The maximum atomic E-state index is 4.21. The monoisotopic (exact) mass is 179 g/mol. The molecule has 0 atom stereocenters. The van der Waals surface area contributed by atoms with Crippen LogP contribution < -0.4 is 0 Å². The van der Waals surface area contributed by atoms with Crippen molar-refractivity contribution in [3.05, 3.63) is 48.9 Å². The van der Waals surface area contributed by atoms with Crippen LogP contribution in [0.15, 0.2) is 42.9 Å². The van der Waals surface area contributed by atoms with E-state index < -0.39 is 0 Å². The van der Waals surface area contributed by atoms with Crippen molar-refractivity contribution in [3.8, 4) is 0 Å². The van der Waals surface area contributed by atoms with E-state index >= 15 is 0 Å². The number of rotatable bonds is 0. The normalized spacial score (nSPS) is 10.9. The zero-order chi connectivity index (χ0) is 9.38. The highest BCUT2D eigenvalue weighted by Gasteiger charge is 1.97. The maximum Gasteiger partial charge on any atom is 0.116 e. The molecule has 1 radical (unpaired) electrons. The van der Waals surface area contributed by atoms with Crippen LogP contribution in [0.4, 0.5) is 0 Å². The summed E-state index contributed by atoms with van der Waals surface area (Å²) in [4.78, 5) is 8.21. The third-order valence-corrected chi connectivity index (χ3v) is 2.31. The molecule has 14 heavy (non-hydrogen) atoms. The van der Waals surface area contributed by atoms with Crippen LogP contribution in [0.3, 0.4) is 0 Å².